The Morgan fingerprint density at radius 3 is 2.73 bits per heavy atom. The minimum atomic E-state index is -0.684. The second kappa shape index (κ2) is 4.14. The number of hydrogen-bond donors (Lipinski definition) is 1. The molecule has 0 aromatic heterocycles. The zero-order valence-corrected chi connectivity index (χ0v) is 8.12. The Morgan fingerprint density at radius 2 is 2.13 bits per heavy atom. The highest BCUT2D eigenvalue weighted by atomic mass is 19.1. The molecule has 0 aliphatic heterocycles. The molecule has 15 heavy (non-hydrogen) atoms. The van der Waals surface area contributed by atoms with E-state index in [0.717, 1.165) is 18.6 Å². The molecular formula is C11H12F2O2. The highest BCUT2D eigenvalue weighted by molar-refractivity contribution is 5.24. The van der Waals surface area contributed by atoms with Crippen LogP contribution < -0.4 is 4.74 Å². The summed E-state index contributed by atoms with van der Waals surface area (Å²) in [5.74, 6) is -0.636. The van der Waals surface area contributed by atoms with Crippen LogP contribution in [0.25, 0.3) is 0 Å². The maximum absolute atomic E-state index is 13.1. The van der Waals surface area contributed by atoms with E-state index in [2.05, 4.69) is 0 Å². The van der Waals surface area contributed by atoms with Gasteiger partial charge in [0.1, 0.15) is 5.82 Å². The normalized spacial score (nSPS) is 23.9. The fourth-order valence-electron chi connectivity index (χ4n) is 1.53. The van der Waals surface area contributed by atoms with E-state index in [4.69, 9.17) is 9.84 Å². The maximum Gasteiger partial charge on any atom is 0.167 e. The lowest BCUT2D eigenvalue weighted by atomic mass is 10.3. The quantitative estimate of drug-likeness (QED) is 0.830. The average molecular weight is 214 g/mol. The van der Waals surface area contributed by atoms with Crippen molar-refractivity contribution in [1.82, 2.24) is 0 Å². The summed E-state index contributed by atoms with van der Waals surface area (Å²) in [5.41, 5.74) is 0. The molecule has 0 radical (unpaired) electrons. The first-order chi connectivity index (χ1) is 7.20. The van der Waals surface area contributed by atoms with Gasteiger partial charge >= 0.3 is 0 Å². The highest BCUT2D eigenvalue weighted by Gasteiger charge is 2.36. The van der Waals surface area contributed by atoms with Crippen molar-refractivity contribution < 1.29 is 18.6 Å². The van der Waals surface area contributed by atoms with E-state index in [1.165, 1.54) is 6.07 Å². The highest BCUT2D eigenvalue weighted by Crippen LogP contribution is 2.38. The third-order valence-corrected chi connectivity index (χ3v) is 2.65. The molecule has 4 heteroatoms. The lowest BCUT2D eigenvalue weighted by molar-refractivity contribution is 0.238. The summed E-state index contributed by atoms with van der Waals surface area (Å²) in [6.45, 7) is 0.535. The number of benzene rings is 1. The fraction of sp³-hybridized carbons (Fsp3) is 0.455. The summed E-state index contributed by atoms with van der Waals surface area (Å²) < 4.78 is 30.8. The van der Waals surface area contributed by atoms with Gasteiger partial charge in [-0.2, -0.15) is 0 Å². The van der Waals surface area contributed by atoms with Gasteiger partial charge in [0, 0.05) is 12.7 Å². The molecule has 0 spiro atoms. The van der Waals surface area contributed by atoms with Crippen molar-refractivity contribution in [2.45, 2.75) is 6.42 Å². The first-order valence-corrected chi connectivity index (χ1v) is 4.89. The first kappa shape index (κ1) is 10.4. The smallest absolute Gasteiger partial charge is 0.167 e. The van der Waals surface area contributed by atoms with Gasteiger partial charge in [-0.3, -0.25) is 0 Å². The van der Waals surface area contributed by atoms with Gasteiger partial charge in [0.25, 0.3) is 0 Å². The zero-order valence-electron chi connectivity index (χ0n) is 8.12. The minimum Gasteiger partial charge on any atom is -0.490 e. The molecule has 1 fully saturated rings. The van der Waals surface area contributed by atoms with Crippen LogP contribution in [0.1, 0.15) is 6.42 Å². The van der Waals surface area contributed by atoms with E-state index in [9.17, 15) is 8.78 Å². The molecule has 1 aromatic carbocycles. The second-order valence-electron chi connectivity index (χ2n) is 3.82. The Kier molecular flexibility index (Phi) is 2.86. The van der Waals surface area contributed by atoms with Gasteiger partial charge in [-0.25, -0.2) is 8.78 Å². The number of hydrogen-bond acceptors (Lipinski definition) is 2. The van der Waals surface area contributed by atoms with Crippen molar-refractivity contribution in [1.29, 1.82) is 0 Å². The van der Waals surface area contributed by atoms with Gasteiger partial charge in [0.2, 0.25) is 0 Å². The van der Waals surface area contributed by atoms with Crippen molar-refractivity contribution in [2.24, 2.45) is 11.8 Å². The SMILES string of the molecule is OCC1CC1COc1ccc(F)cc1F. The van der Waals surface area contributed by atoms with Gasteiger partial charge in [-0.05, 0) is 30.4 Å². The van der Waals surface area contributed by atoms with Crippen LogP contribution in [0.5, 0.6) is 5.75 Å². The molecule has 1 aromatic rings. The van der Waals surface area contributed by atoms with Crippen LogP contribution in [0.2, 0.25) is 0 Å². The molecule has 2 atom stereocenters. The average Bonchev–Trinajstić information content (AvgIpc) is 2.95. The van der Waals surface area contributed by atoms with E-state index < -0.39 is 11.6 Å². The second-order valence-corrected chi connectivity index (χ2v) is 3.82. The molecule has 0 saturated heterocycles. The summed E-state index contributed by atoms with van der Waals surface area (Å²) in [7, 11) is 0. The Hall–Kier alpha value is -1.16. The minimum absolute atomic E-state index is 0.0694. The van der Waals surface area contributed by atoms with Crippen LogP contribution in [0.3, 0.4) is 0 Å². The summed E-state index contributed by atoms with van der Waals surface area (Å²) >= 11 is 0. The number of aliphatic hydroxyl groups excluding tert-OH is 1. The molecule has 1 aliphatic rings. The van der Waals surface area contributed by atoms with Gasteiger partial charge in [-0.15, -0.1) is 0 Å². The molecular weight excluding hydrogens is 202 g/mol. The summed E-state index contributed by atoms with van der Waals surface area (Å²) in [6.07, 6.45) is 0.916. The lowest BCUT2D eigenvalue weighted by Crippen LogP contribution is -2.04. The zero-order chi connectivity index (χ0) is 10.8. The van der Waals surface area contributed by atoms with E-state index >= 15 is 0 Å². The standard InChI is InChI=1S/C11H12F2O2/c12-9-1-2-11(10(13)4-9)15-6-8-3-7(8)5-14/h1-2,4,7-8,14H,3,5-6H2. The Balaban J connectivity index is 1.88. The number of aliphatic hydroxyl groups is 1. The number of ether oxygens (including phenoxy) is 1. The largest absolute Gasteiger partial charge is 0.490 e. The van der Waals surface area contributed by atoms with Crippen molar-refractivity contribution >= 4 is 0 Å². The fourth-order valence-corrected chi connectivity index (χ4v) is 1.53. The lowest BCUT2D eigenvalue weighted by Gasteiger charge is -2.06. The maximum atomic E-state index is 13.1. The Morgan fingerprint density at radius 1 is 1.33 bits per heavy atom. The molecule has 82 valence electrons. The van der Waals surface area contributed by atoms with Crippen molar-refractivity contribution in [3.8, 4) is 5.75 Å². The Labute approximate surface area is 86.5 Å². The van der Waals surface area contributed by atoms with Gasteiger partial charge < -0.3 is 9.84 Å². The van der Waals surface area contributed by atoms with Crippen LogP contribution in [0.15, 0.2) is 18.2 Å². The van der Waals surface area contributed by atoms with Crippen molar-refractivity contribution in [2.75, 3.05) is 13.2 Å². The molecule has 2 rings (SSSR count). The van der Waals surface area contributed by atoms with E-state index in [1.54, 1.807) is 0 Å². The van der Waals surface area contributed by atoms with Crippen molar-refractivity contribution in [3.05, 3.63) is 29.8 Å². The molecule has 1 saturated carbocycles. The molecule has 2 nitrogen and oxygen atoms in total. The number of halogens is 2. The van der Waals surface area contributed by atoms with Gasteiger partial charge in [0.05, 0.1) is 6.61 Å². The molecule has 2 unspecified atom stereocenters. The third kappa shape index (κ3) is 2.45. The van der Waals surface area contributed by atoms with Gasteiger partial charge in [0.15, 0.2) is 11.6 Å². The van der Waals surface area contributed by atoms with Crippen LogP contribution in [-0.2, 0) is 0 Å². The molecule has 0 heterocycles. The predicted molar refractivity (Wildman–Crippen MR) is 50.5 cm³/mol. The summed E-state index contributed by atoms with van der Waals surface area (Å²) in [4.78, 5) is 0. The van der Waals surface area contributed by atoms with Crippen LogP contribution in [0.4, 0.5) is 8.78 Å². The van der Waals surface area contributed by atoms with Crippen LogP contribution in [0, 0.1) is 23.5 Å². The first-order valence-electron chi connectivity index (χ1n) is 4.89. The molecule has 1 aliphatic carbocycles. The van der Waals surface area contributed by atoms with E-state index in [1.807, 2.05) is 0 Å². The predicted octanol–water partition coefficient (Wildman–Crippen LogP) is 1.97. The summed E-state index contributed by atoms with van der Waals surface area (Å²) in [6, 6.07) is 3.24. The molecule has 0 bridgehead atoms. The van der Waals surface area contributed by atoms with E-state index in [0.29, 0.717) is 12.5 Å². The van der Waals surface area contributed by atoms with Gasteiger partial charge in [-0.1, -0.05) is 0 Å². The van der Waals surface area contributed by atoms with E-state index in [-0.39, 0.29) is 18.3 Å². The molecule has 1 N–H and O–H groups in total. The van der Waals surface area contributed by atoms with Crippen molar-refractivity contribution in [3.63, 3.8) is 0 Å². The Bertz CT molecular complexity index is 354. The summed E-state index contributed by atoms with van der Waals surface area (Å²) in [5, 5.41) is 8.79. The third-order valence-electron chi connectivity index (χ3n) is 2.65. The van der Waals surface area contributed by atoms with Crippen LogP contribution in [-0.4, -0.2) is 18.3 Å². The topological polar surface area (TPSA) is 29.5 Å². The monoisotopic (exact) mass is 214 g/mol. The number of rotatable bonds is 4. The molecule has 0 amide bonds. The van der Waals surface area contributed by atoms with Crippen LogP contribution >= 0.6 is 0 Å².